The van der Waals surface area contributed by atoms with Crippen LogP contribution in [0.2, 0.25) is 0 Å². The molecule has 1 rings (SSSR count). The molecule has 3 N–H and O–H groups in total. The Bertz CT molecular complexity index is 511. The van der Waals surface area contributed by atoms with Crippen molar-refractivity contribution in [3.05, 3.63) is 16.0 Å². The van der Waals surface area contributed by atoms with E-state index >= 15 is 0 Å². The van der Waals surface area contributed by atoms with Gasteiger partial charge in [-0.05, 0) is 25.3 Å². The number of thiophene rings is 1. The van der Waals surface area contributed by atoms with Gasteiger partial charge in [0.25, 0.3) is 0 Å². The zero-order valence-corrected chi connectivity index (χ0v) is 13.4. The molecule has 1 amide bonds. The third-order valence-electron chi connectivity index (χ3n) is 3.57. The Kier molecular flexibility index (Phi) is 5.71. The minimum Gasteiger partial charge on any atom is -0.465 e. The Morgan fingerprint density at radius 2 is 2.00 bits per heavy atom. The maximum absolute atomic E-state index is 12.1. The molecule has 0 aliphatic heterocycles. The molecule has 6 heteroatoms. The Labute approximate surface area is 123 Å². The normalized spacial score (nSPS) is 13.7. The van der Waals surface area contributed by atoms with E-state index in [1.54, 1.807) is 0 Å². The molecule has 0 bridgehead atoms. The van der Waals surface area contributed by atoms with Gasteiger partial charge >= 0.3 is 5.97 Å². The third-order valence-corrected chi connectivity index (χ3v) is 4.69. The first-order valence-corrected chi connectivity index (χ1v) is 7.39. The average molecular weight is 298 g/mol. The number of carbonyl (C=O) groups excluding carboxylic acids is 2. The maximum Gasteiger partial charge on any atom is 0.341 e. The number of rotatable bonds is 5. The molecule has 1 heterocycles. The van der Waals surface area contributed by atoms with Crippen LogP contribution in [-0.2, 0) is 9.53 Å². The van der Waals surface area contributed by atoms with Crippen LogP contribution in [0.1, 0.15) is 41.1 Å². The second-order valence-corrected chi connectivity index (χ2v) is 6.10. The lowest BCUT2D eigenvalue weighted by atomic mass is 9.99. The van der Waals surface area contributed by atoms with E-state index in [0.29, 0.717) is 10.6 Å². The molecule has 5 nitrogen and oxygen atoms in total. The zero-order valence-electron chi connectivity index (χ0n) is 12.6. The number of aryl methyl sites for hydroxylation is 1. The van der Waals surface area contributed by atoms with Crippen LogP contribution in [-0.4, -0.2) is 25.0 Å². The van der Waals surface area contributed by atoms with Crippen LogP contribution in [0, 0.1) is 19.8 Å². The molecule has 112 valence electrons. The van der Waals surface area contributed by atoms with Gasteiger partial charge in [-0.15, -0.1) is 11.3 Å². The molecule has 1 aromatic rings. The van der Waals surface area contributed by atoms with E-state index in [0.717, 1.165) is 16.9 Å². The summed E-state index contributed by atoms with van der Waals surface area (Å²) >= 11 is 1.36. The summed E-state index contributed by atoms with van der Waals surface area (Å²) in [5.74, 6) is -0.635. The van der Waals surface area contributed by atoms with Gasteiger partial charge in [-0.3, -0.25) is 4.79 Å². The number of hydrogen-bond acceptors (Lipinski definition) is 5. The Balaban J connectivity index is 3.01. The molecule has 20 heavy (non-hydrogen) atoms. The molecule has 0 saturated carbocycles. The molecular weight excluding hydrogens is 276 g/mol. The highest BCUT2D eigenvalue weighted by Gasteiger charge is 2.25. The summed E-state index contributed by atoms with van der Waals surface area (Å²) < 4.78 is 4.77. The Morgan fingerprint density at radius 1 is 1.40 bits per heavy atom. The van der Waals surface area contributed by atoms with E-state index in [2.05, 4.69) is 5.32 Å². The van der Waals surface area contributed by atoms with Gasteiger partial charge in [-0.2, -0.15) is 0 Å². The second kappa shape index (κ2) is 6.85. The lowest BCUT2D eigenvalue weighted by Crippen LogP contribution is -2.40. The van der Waals surface area contributed by atoms with Gasteiger partial charge in [0.2, 0.25) is 5.91 Å². The third kappa shape index (κ3) is 3.37. The van der Waals surface area contributed by atoms with Crippen LogP contribution in [0.5, 0.6) is 0 Å². The first kappa shape index (κ1) is 16.7. The van der Waals surface area contributed by atoms with Crippen molar-refractivity contribution in [1.29, 1.82) is 0 Å². The summed E-state index contributed by atoms with van der Waals surface area (Å²) in [6.07, 6.45) is 0.820. The first-order valence-electron chi connectivity index (χ1n) is 6.58. The number of ether oxygens (including phenoxy) is 1. The molecule has 0 spiro atoms. The fraction of sp³-hybridized carbons (Fsp3) is 0.571. The smallest absolute Gasteiger partial charge is 0.341 e. The summed E-state index contributed by atoms with van der Waals surface area (Å²) in [5, 5.41) is 3.27. The Morgan fingerprint density at radius 3 is 2.50 bits per heavy atom. The van der Waals surface area contributed by atoms with Crippen molar-refractivity contribution in [1.82, 2.24) is 0 Å². The number of esters is 1. The van der Waals surface area contributed by atoms with Crippen molar-refractivity contribution in [3.8, 4) is 0 Å². The lowest BCUT2D eigenvalue weighted by molar-refractivity contribution is -0.118. The van der Waals surface area contributed by atoms with E-state index in [1.165, 1.54) is 18.4 Å². The molecule has 0 aromatic carbocycles. The standard InChI is InChI=1S/C14H22N2O3S/c1-6-7(2)11(15)12(17)16-13-10(14(18)19-5)8(3)9(4)20-13/h7,11H,6,15H2,1-5H3,(H,16,17)/t7?,11-/m0/s1. The topological polar surface area (TPSA) is 81.4 Å². The largest absolute Gasteiger partial charge is 0.465 e. The number of amides is 1. The summed E-state index contributed by atoms with van der Waals surface area (Å²) in [6.45, 7) is 7.65. The second-order valence-electron chi connectivity index (χ2n) is 4.88. The van der Waals surface area contributed by atoms with Gasteiger partial charge in [0, 0.05) is 4.88 Å². The highest BCUT2D eigenvalue weighted by atomic mass is 32.1. The number of anilines is 1. The van der Waals surface area contributed by atoms with Gasteiger partial charge in [-0.25, -0.2) is 4.79 Å². The molecular formula is C14H22N2O3S. The summed E-state index contributed by atoms with van der Waals surface area (Å²) in [4.78, 5) is 24.9. The van der Waals surface area contributed by atoms with Crippen LogP contribution < -0.4 is 11.1 Å². The van der Waals surface area contributed by atoms with Gasteiger partial charge in [-0.1, -0.05) is 20.3 Å². The fourth-order valence-electron chi connectivity index (χ4n) is 1.77. The SMILES string of the molecule is CCC(C)[C@H](N)C(=O)Nc1sc(C)c(C)c1C(=O)OC. The molecule has 0 aliphatic rings. The van der Waals surface area contributed by atoms with Crippen molar-refractivity contribution in [3.63, 3.8) is 0 Å². The van der Waals surface area contributed by atoms with Gasteiger partial charge in [0.05, 0.1) is 18.7 Å². The summed E-state index contributed by atoms with van der Waals surface area (Å²) in [7, 11) is 1.32. The number of methoxy groups -OCH3 is 1. The van der Waals surface area contributed by atoms with Crippen LogP contribution in [0.25, 0.3) is 0 Å². The maximum atomic E-state index is 12.1. The number of hydrogen-bond donors (Lipinski definition) is 2. The van der Waals surface area contributed by atoms with Crippen LogP contribution in [0.15, 0.2) is 0 Å². The average Bonchev–Trinajstić information content (AvgIpc) is 2.71. The number of carbonyl (C=O) groups is 2. The number of nitrogens with one attached hydrogen (secondary N) is 1. The van der Waals surface area contributed by atoms with Crippen molar-refractivity contribution in [2.24, 2.45) is 11.7 Å². The highest BCUT2D eigenvalue weighted by molar-refractivity contribution is 7.16. The van der Waals surface area contributed by atoms with Crippen LogP contribution in [0.3, 0.4) is 0 Å². The van der Waals surface area contributed by atoms with Crippen molar-refractivity contribution >= 4 is 28.2 Å². The number of nitrogens with two attached hydrogens (primary N) is 1. The lowest BCUT2D eigenvalue weighted by Gasteiger charge is -2.17. The molecule has 1 aromatic heterocycles. The molecule has 1 unspecified atom stereocenters. The van der Waals surface area contributed by atoms with Gasteiger partial charge < -0.3 is 15.8 Å². The quantitative estimate of drug-likeness (QED) is 0.818. The van der Waals surface area contributed by atoms with Crippen molar-refractivity contribution in [2.45, 2.75) is 40.2 Å². The minimum absolute atomic E-state index is 0.0822. The van der Waals surface area contributed by atoms with Crippen molar-refractivity contribution in [2.75, 3.05) is 12.4 Å². The van der Waals surface area contributed by atoms with E-state index in [4.69, 9.17) is 10.5 Å². The Hall–Kier alpha value is -1.40. The van der Waals surface area contributed by atoms with Crippen LogP contribution >= 0.6 is 11.3 Å². The van der Waals surface area contributed by atoms with E-state index < -0.39 is 12.0 Å². The fourth-order valence-corrected chi connectivity index (χ4v) is 2.82. The summed E-state index contributed by atoms with van der Waals surface area (Å²) in [5.41, 5.74) is 7.14. The van der Waals surface area contributed by atoms with Crippen LogP contribution in [0.4, 0.5) is 5.00 Å². The van der Waals surface area contributed by atoms with E-state index in [1.807, 2.05) is 27.7 Å². The monoisotopic (exact) mass is 298 g/mol. The predicted molar refractivity (Wildman–Crippen MR) is 81.2 cm³/mol. The molecule has 0 radical (unpaired) electrons. The zero-order chi connectivity index (χ0) is 15.4. The van der Waals surface area contributed by atoms with E-state index in [9.17, 15) is 9.59 Å². The summed E-state index contributed by atoms with van der Waals surface area (Å²) in [6, 6.07) is -0.590. The molecule has 0 saturated heterocycles. The predicted octanol–water partition coefficient (Wildman–Crippen LogP) is 2.46. The molecule has 0 fully saturated rings. The van der Waals surface area contributed by atoms with Crippen molar-refractivity contribution < 1.29 is 14.3 Å². The molecule has 2 atom stereocenters. The van der Waals surface area contributed by atoms with Gasteiger partial charge in [0.15, 0.2) is 0 Å². The van der Waals surface area contributed by atoms with Gasteiger partial charge in [0.1, 0.15) is 5.00 Å². The highest BCUT2D eigenvalue weighted by Crippen LogP contribution is 2.33. The first-order chi connectivity index (χ1) is 9.33. The minimum atomic E-state index is -0.590. The molecule has 0 aliphatic carbocycles. The van der Waals surface area contributed by atoms with E-state index in [-0.39, 0.29) is 11.8 Å².